The number of anilines is 1. The van der Waals surface area contributed by atoms with E-state index in [2.05, 4.69) is 15.8 Å². The van der Waals surface area contributed by atoms with E-state index in [0.29, 0.717) is 0 Å². The van der Waals surface area contributed by atoms with E-state index in [9.17, 15) is 17.8 Å². The monoisotopic (exact) mass is 372 g/mol. The van der Waals surface area contributed by atoms with Crippen molar-refractivity contribution < 1.29 is 22.2 Å². The first-order valence-electron chi connectivity index (χ1n) is 7.52. The quantitative estimate of drug-likeness (QED) is 0.387. The minimum atomic E-state index is -4.65. The van der Waals surface area contributed by atoms with Gasteiger partial charge in [0.2, 0.25) is 5.09 Å². The number of nitrogens with zero attached hydrogens (tertiary/aromatic N) is 1. The van der Waals surface area contributed by atoms with Crippen molar-refractivity contribution in [3.8, 4) is 0 Å². The molecular weight excluding hydrogens is 358 g/mol. The molecule has 3 rings (SSSR count). The van der Waals surface area contributed by atoms with Crippen molar-refractivity contribution in [3.63, 3.8) is 0 Å². The van der Waals surface area contributed by atoms with E-state index in [1.54, 1.807) is 0 Å². The number of furan rings is 1. The molecule has 0 spiro atoms. The molecule has 1 amide bonds. The zero-order valence-electron chi connectivity index (χ0n) is 13.4. The summed E-state index contributed by atoms with van der Waals surface area (Å²) in [4.78, 5) is 11.8. The van der Waals surface area contributed by atoms with Gasteiger partial charge >= 0.3 is 0 Å². The summed E-state index contributed by atoms with van der Waals surface area (Å²) in [6.07, 6.45) is 1.10. The first-order chi connectivity index (χ1) is 12.4. The molecule has 2 N–H and O–H groups in total. The molecule has 0 aliphatic carbocycles. The molecular formula is C17H14N3O5S-. The summed E-state index contributed by atoms with van der Waals surface area (Å²) in [7, 11) is -4.65. The molecule has 9 heteroatoms. The first-order valence-corrected chi connectivity index (χ1v) is 8.93. The minimum Gasteiger partial charge on any atom is -0.742 e. The maximum absolute atomic E-state index is 11.8. The summed E-state index contributed by atoms with van der Waals surface area (Å²) in [5, 5.41) is 8.07. The highest BCUT2D eigenvalue weighted by molar-refractivity contribution is 7.85. The average molecular weight is 372 g/mol. The van der Waals surface area contributed by atoms with Gasteiger partial charge in [0, 0.05) is 5.69 Å². The molecule has 134 valence electrons. The largest absolute Gasteiger partial charge is 0.742 e. The lowest BCUT2D eigenvalue weighted by Crippen LogP contribution is -2.25. The van der Waals surface area contributed by atoms with E-state index in [0.717, 1.165) is 28.7 Å². The van der Waals surface area contributed by atoms with Crippen LogP contribution in [0.5, 0.6) is 0 Å². The summed E-state index contributed by atoms with van der Waals surface area (Å²) in [5.41, 5.74) is 3.06. The highest BCUT2D eigenvalue weighted by Gasteiger charge is 2.06. The van der Waals surface area contributed by atoms with E-state index in [-0.39, 0.29) is 12.3 Å². The summed E-state index contributed by atoms with van der Waals surface area (Å²) in [6, 6.07) is 15.9. The first kappa shape index (κ1) is 17.6. The van der Waals surface area contributed by atoms with Crippen LogP contribution in [0.2, 0.25) is 0 Å². The minimum absolute atomic E-state index is 0.00593. The second kappa shape index (κ2) is 7.38. The van der Waals surface area contributed by atoms with Gasteiger partial charge in [-0.1, -0.05) is 30.3 Å². The van der Waals surface area contributed by atoms with Crippen molar-refractivity contribution in [2.45, 2.75) is 5.09 Å². The van der Waals surface area contributed by atoms with Gasteiger partial charge < -0.3 is 14.3 Å². The number of carbonyl (C=O) groups excluding carboxylic acids is 1. The Morgan fingerprint density at radius 1 is 1.12 bits per heavy atom. The lowest BCUT2D eigenvalue weighted by molar-refractivity contribution is -0.119. The maximum atomic E-state index is 11.8. The number of benzene rings is 2. The molecule has 0 fully saturated rings. The van der Waals surface area contributed by atoms with E-state index >= 15 is 0 Å². The van der Waals surface area contributed by atoms with Crippen LogP contribution < -0.4 is 10.7 Å². The molecule has 0 aliphatic rings. The summed E-state index contributed by atoms with van der Waals surface area (Å²) >= 11 is 0. The van der Waals surface area contributed by atoms with Crippen LogP contribution in [0.4, 0.5) is 5.69 Å². The molecule has 0 saturated heterocycles. The third-order valence-electron chi connectivity index (χ3n) is 3.43. The molecule has 8 nitrogen and oxygen atoms in total. The molecule has 1 heterocycles. The molecule has 1 aromatic heterocycles. The lowest BCUT2D eigenvalue weighted by Gasteiger charge is -2.06. The number of amides is 1. The fraction of sp³-hybridized carbons (Fsp3) is 0.0588. The molecule has 2 aromatic carbocycles. The highest BCUT2D eigenvalue weighted by atomic mass is 32.2. The van der Waals surface area contributed by atoms with Crippen molar-refractivity contribution >= 4 is 38.7 Å². The van der Waals surface area contributed by atoms with Gasteiger partial charge in [0.15, 0.2) is 10.1 Å². The molecule has 0 aliphatic heterocycles. The molecule has 0 unspecified atom stereocenters. The number of rotatable bonds is 6. The van der Waals surface area contributed by atoms with Gasteiger partial charge in [-0.05, 0) is 35.0 Å². The van der Waals surface area contributed by atoms with Crippen LogP contribution in [0.15, 0.2) is 69.2 Å². The molecule has 26 heavy (non-hydrogen) atoms. The average Bonchev–Trinajstić information content (AvgIpc) is 3.09. The van der Waals surface area contributed by atoms with E-state index in [1.165, 1.54) is 6.07 Å². The van der Waals surface area contributed by atoms with Crippen LogP contribution in [-0.2, 0) is 14.9 Å². The second-order valence-corrected chi connectivity index (χ2v) is 6.63. The summed E-state index contributed by atoms with van der Waals surface area (Å²) < 4.78 is 37.1. The fourth-order valence-corrected chi connectivity index (χ4v) is 2.66. The van der Waals surface area contributed by atoms with E-state index in [4.69, 9.17) is 4.42 Å². The van der Waals surface area contributed by atoms with Crippen molar-refractivity contribution in [2.24, 2.45) is 5.10 Å². The Balaban J connectivity index is 1.53. The summed E-state index contributed by atoms with van der Waals surface area (Å²) in [5.74, 6) is -0.375. The number of carbonyl (C=O) groups is 1. The second-order valence-electron chi connectivity index (χ2n) is 5.32. The Labute approximate surface area is 149 Å². The van der Waals surface area contributed by atoms with E-state index < -0.39 is 21.1 Å². The van der Waals surface area contributed by atoms with Gasteiger partial charge in [-0.25, -0.2) is 13.8 Å². The number of fused-ring (bicyclic) bond motifs is 1. The lowest BCUT2D eigenvalue weighted by atomic mass is 10.1. The number of nitrogens with one attached hydrogen (secondary N) is 2. The predicted molar refractivity (Wildman–Crippen MR) is 94.8 cm³/mol. The molecule has 0 saturated carbocycles. The Morgan fingerprint density at radius 3 is 2.62 bits per heavy atom. The van der Waals surface area contributed by atoms with Gasteiger partial charge in [-0.15, -0.1) is 0 Å². The maximum Gasteiger partial charge on any atom is 0.259 e. The van der Waals surface area contributed by atoms with Gasteiger partial charge in [-0.3, -0.25) is 4.79 Å². The number of hydrogen-bond acceptors (Lipinski definition) is 7. The zero-order valence-corrected chi connectivity index (χ0v) is 14.2. The molecule has 3 aromatic rings. The van der Waals surface area contributed by atoms with Gasteiger partial charge in [0.1, 0.15) is 5.76 Å². The van der Waals surface area contributed by atoms with Crippen LogP contribution in [0.1, 0.15) is 5.76 Å². The van der Waals surface area contributed by atoms with Gasteiger partial charge in [0.25, 0.3) is 5.91 Å². The highest BCUT2D eigenvalue weighted by Crippen LogP contribution is 2.18. The van der Waals surface area contributed by atoms with Crippen LogP contribution in [0.3, 0.4) is 0 Å². The van der Waals surface area contributed by atoms with Crippen molar-refractivity contribution in [1.82, 2.24) is 5.43 Å². The normalized spacial score (nSPS) is 11.7. The standard InChI is InChI=1S/C17H15N3O5S/c21-16(20-19-10-15-7-8-17(25-15)26(22,23)24)11-18-14-6-5-12-3-1-2-4-13(12)9-14/h1-10,18H,11H2,(H,20,21)(H,22,23,24)/p-1/b19-10+. The SMILES string of the molecule is O=C(CNc1ccc2ccccc2c1)N/N=C/c1ccc(S(=O)(=O)[O-])o1. The third-order valence-corrected chi connectivity index (χ3v) is 4.14. The Bertz CT molecular complexity index is 1070. The zero-order chi connectivity index (χ0) is 18.6. The van der Waals surface area contributed by atoms with Crippen molar-refractivity contribution in [3.05, 3.63) is 60.4 Å². The van der Waals surface area contributed by atoms with Crippen molar-refractivity contribution in [1.29, 1.82) is 0 Å². The molecule has 0 atom stereocenters. The Morgan fingerprint density at radius 2 is 1.88 bits per heavy atom. The van der Waals surface area contributed by atoms with Gasteiger partial charge in [-0.2, -0.15) is 5.10 Å². The Kier molecular flexibility index (Phi) is 5.01. The van der Waals surface area contributed by atoms with Crippen LogP contribution in [0, 0.1) is 0 Å². The van der Waals surface area contributed by atoms with Gasteiger partial charge in [0.05, 0.1) is 12.8 Å². The topological polar surface area (TPSA) is 124 Å². The van der Waals surface area contributed by atoms with E-state index in [1.807, 2.05) is 42.5 Å². The fourth-order valence-electron chi connectivity index (χ4n) is 2.23. The Hall–Kier alpha value is -3.17. The number of hydrogen-bond donors (Lipinski definition) is 2. The van der Waals surface area contributed by atoms with Crippen LogP contribution in [-0.4, -0.2) is 31.6 Å². The molecule has 0 bridgehead atoms. The number of hydrazone groups is 1. The summed E-state index contributed by atoms with van der Waals surface area (Å²) in [6.45, 7) is -0.00593. The van der Waals surface area contributed by atoms with Crippen LogP contribution >= 0.6 is 0 Å². The van der Waals surface area contributed by atoms with Crippen molar-refractivity contribution in [2.75, 3.05) is 11.9 Å². The van der Waals surface area contributed by atoms with Crippen LogP contribution in [0.25, 0.3) is 10.8 Å². The molecule has 0 radical (unpaired) electrons. The smallest absolute Gasteiger partial charge is 0.259 e. The third kappa shape index (κ3) is 4.47. The predicted octanol–water partition coefficient (Wildman–Crippen LogP) is 1.90.